The van der Waals surface area contributed by atoms with Crippen molar-refractivity contribution in [2.24, 2.45) is 11.8 Å². The number of aryl methyl sites for hydroxylation is 2. The maximum Gasteiger partial charge on any atom is 0.230 e. The van der Waals surface area contributed by atoms with Gasteiger partial charge in [-0.2, -0.15) is 5.10 Å². The van der Waals surface area contributed by atoms with E-state index >= 15 is 0 Å². The molecule has 4 aliphatic rings. The normalized spacial score (nSPS) is 30.8. The smallest absolute Gasteiger partial charge is 0.230 e. The van der Waals surface area contributed by atoms with Crippen molar-refractivity contribution in [2.45, 2.75) is 45.1 Å². The van der Waals surface area contributed by atoms with Gasteiger partial charge < -0.3 is 14.5 Å². The van der Waals surface area contributed by atoms with Gasteiger partial charge in [0.1, 0.15) is 5.60 Å². The summed E-state index contributed by atoms with van der Waals surface area (Å²) < 4.78 is 6.32. The van der Waals surface area contributed by atoms with Gasteiger partial charge >= 0.3 is 0 Å². The number of carbonyl (C=O) groups excluding carboxylic acids is 2. The Morgan fingerprint density at radius 2 is 2.23 bits per heavy atom. The van der Waals surface area contributed by atoms with E-state index in [0.717, 1.165) is 23.2 Å². The van der Waals surface area contributed by atoms with Gasteiger partial charge in [-0.25, -0.2) is 0 Å². The molecule has 0 saturated carbocycles. The molecule has 2 aromatic rings. The van der Waals surface area contributed by atoms with Gasteiger partial charge in [0, 0.05) is 37.3 Å². The largest absolute Gasteiger partial charge is 0.360 e. The lowest BCUT2D eigenvalue weighted by Gasteiger charge is -2.32. The van der Waals surface area contributed by atoms with E-state index in [1.807, 2.05) is 22.0 Å². The Bertz CT molecular complexity index is 1120. The zero-order valence-electron chi connectivity index (χ0n) is 17.8. The lowest BCUT2D eigenvalue weighted by Crippen LogP contribution is -2.47. The first-order valence-corrected chi connectivity index (χ1v) is 11.0. The Labute approximate surface area is 181 Å². The molecule has 2 amide bonds. The molecule has 1 aromatic carbocycles. The van der Waals surface area contributed by atoms with Crippen LogP contribution >= 0.6 is 0 Å². The first-order valence-electron chi connectivity index (χ1n) is 11.0. The highest BCUT2D eigenvalue weighted by Gasteiger charge is 2.67. The Kier molecular flexibility index (Phi) is 3.96. The number of aromatic amines is 1. The highest BCUT2D eigenvalue weighted by molar-refractivity contribution is 5.93. The van der Waals surface area contributed by atoms with Crippen LogP contribution in [-0.4, -0.2) is 56.6 Å². The van der Waals surface area contributed by atoms with Crippen LogP contribution < -0.4 is 0 Å². The number of aromatic nitrogens is 2. The first kappa shape index (κ1) is 18.8. The van der Waals surface area contributed by atoms with Crippen molar-refractivity contribution in [3.8, 4) is 0 Å². The minimum Gasteiger partial charge on any atom is -0.360 e. The second kappa shape index (κ2) is 6.53. The van der Waals surface area contributed by atoms with E-state index in [0.29, 0.717) is 26.2 Å². The number of amides is 2. The number of hydrogen-bond donors (Lipinski definition) is 1. The second-order valence-corrected chi connectivity index (χ2v) is 9.41. The third kappa shape index (κ3) is 2.72. The molecule has 2 fully saturated rings. The molecular formula is C24H26N4O3. The maximum atomic E-state index is 13.6. The summed E-state index contributed by atoms with van der Waals surface area (Å²) in [4.78, 5) is 30.9. The van der Waals surface area contributed by atoms with E-state index in [1.165, 1.54) is 11.1 Å². The molecule has 31 heavy (non-hydrogen) atoms. The van der Waals surface area contributed by atoms with Gasteiger partial charge in [-0.15, -0.1) is 0 Å². The molecule has 1 spiro atoms. The van der Waals surface area contributed by atoms with Gasteiger partial charge in [-0.05, 0) is 25.0 Å². The van der Waals surface area contributed by atoms with Crippen molar-refractivity contribution < 1.29 is 14.3 Å². The van der Waals surface area contributed by atoms with Crippen molar-refractivity contribution in [3.63, 3.8) is 0 Å². The van der Waals surface area contributed by atoms with Gasteiger partial charge in [-0.3, -0.25) is 14.7 Å². The Balaban J connectivity index is 1.26. The van der Waals surface area contributed by atoms with Crippen molar-refractivity contribution in [1.82, 2.24) is 20.0 Å². The number of nitrogens with one attached hydrogen (secondary N) is 1. The average molecular weight is 418 g/mol. The van der Waals surface area contributed by atoms with Crippen LogP contribution in [0.4, 0.5) is 0 Å². The standard InChI is InChI=1S/C24H26N4O3/c1-14-3-4-15(2)16(9-14)11-28-13-24-7-5-19(31-24)20(21(24)23(28)30)22(29)27-8-6-18-17(12-27)10-25-26-18/h3-5,7,9-10,19-21H,6,8,11-13H2,1-2H3,(H,25,26)/t19-,20-,21+,24-/m0/s1. The summed E-state index contributed by atoms with van der Waals surface area (Å²) >= 11 is 0. The summed E-state index contributed by atoms with van der Waals surface area (Å²) in [6.07, 6.45) is 6.26. The predicted molar refractivity (Wildman–Crippen MR) is 113 cm³/mol. The fourth-order valence-electron chi connectivity index (χ4n) is 5.79. The van der Waals surface area contributed by atoms with Gasteiger partial charge in [0.15, 0.2) is 0 Å². The van der Waals surface area contributed by atoms with Gasteiger partial charge in [0.2, 0.25) is 11.8 Å². The third-order valence-corrected chi connectivity index (χ3v) is 7.44. The van der Waals surface area contributed by atoms with E-state index in [-0.39, 0.29) is 17.9 Å². The highest BCUT2D eigenvalue weighted by Crippen LogP contribution is 2.52. The lowest BCUT2D eigenvalue weighted by molar-refractivity contribution is -0.144. The van der Waals surface area contributed by atoms with Crippen LogP contribution in [-0.2, 0) is 33.8 Å². The van der Waals surface area contributed by atoms with Crippen LogP contribution in [0, 0.1) is 25.7 Å². The van der Waals surface area contributed by atoms with Crippen molar-refractivity contribution in [2.75, 3.05) is 13.1 Å². The van der Waals surface area contributed by atoms with Crippen molar-refractivity contribution in [1.29, 1.82) is 0 Å². The van der Waals surface area contributed by atoms with Gasteiger partial charge in [0.05, 0.1) is 30.7 Å². The predicted octanol–water partition coefficient (Wildman–Crippen LogP) is 1.89. The molecule has 0 unspecified atom stereocenters. The maximum absolute atomic E-state index is 13.6. The van der Waals surface area contributed by atoms with E-state index in [1.54, 1.807) is 6.20 Å². The van der Waals surface area contributed by atoms with Crippen LogP contribution in [0.25, 0.3) is 0 Å². The summed E-state index contributed by atoms with van der Waals surface area (Å²) in [6, 6.07) is 6.32. The number of H-pyrrole nitrogens is 1. The van der Waals surface area contributed by atoms with Crippen molar-refractivity contribution in [3.05, 3.63) is 64.5 Å². The lowest BCUT2D eigenvalue weighted by atomic mass is 9.76. The molecule has 2 bridgehead atoms. The molecule has 5 heterocycles. The molecular weight excluding hydrogens is 392 g/mol. The molecule has 2 saturated heterocycles. The van der Waals surface area contributed by atoms with Crippen LogP contribution in [0.5, 0.6) is 0 Å². The van der Waals surface area contributed by atoms with Crippen LogP contribution in [0.1, 0.15) is 27.9 Å². The number of nitrogens with zero attached hydrogens (tertiary/aromatic N) is 3. The Hall–Kier alpha value is -2.93. The Morgan fingerprint density at radius 1 is 1.35 bits per heavy atom. The second-order valence-electron chi connectivity index (χ2n) is 9.41. The molecule has 0 aliphatic carbocycles. The Morgan fingerprint density at radius 3 is 3.10 bits per heavy atom. The van der Waals surface area contributed by atoms with Gasteiger partial charge in [-0.1, -0.05) is 35.9 Å². The first-order chi connectivity index (χ1) is 14.9. The minimum absolute atomic E-state index is 0.0232. The molecule has 7 heteroatoms. The number of fused-ring (bicyclic) bond motifs is 2. The molecule has 1 aromatic heterocycles. The molecule has 160 valence electrons. The molecule has 0 radical (unpaired) electrons. The van der Waals surface area contributed by atoms with Crippen LogP contribution in [0.3, 0.4) is 0 Å². The summed E-state index contributed by atoms with van der Waals surface area (Å²) in [5.74, 6) is -0.831. The number of hydrogen-bond acceptors (Lipinski definition) is 4. The summed E-state index contributed by atoms with van der Waals surface area (Å²) in [7, 11) is 0. The van der Waals surface area contributed by atoms with E-state index in [9.17, 15) is 9.59 Å². The van der Waals surface area contributed by atoms with E-state index < -0.39 is 17.4 Å². The van der Waals surface area contributed by atoms with Crippen LogP contribution in [0.2, 0.25) is 0 Å². The van der Waals surface area contributed by atoms with E-state index in [4.69, 9.17) is 4.74 Å². The third-order valence-electron chi connectivity index (χ3n) is 7.44. The number of likely N-dealkylation sites (tertiary alicyclic amines) is 1. The number of ether oxygens (including phenoxy) is 1. The number of carbonyl (C=O) groups is 2. The molecule has 1 N–H and O–H groups in total. The summed E-state index contributed by atoms with van der Waals surface area (Å²) in [5.41, 5.74) is 4.99. The average Bonchev–Trinajstić information content (AvgIpc) is 3.51. The fourth-order valence-corrected chi connectivity index (χ4v) is 5.79. The molecule has 7 nitrogen and oxygen atoms in total. The quantitative estimate of drug-likeness (QED) is 0.773. The van der Waals surface area contributed by atoms with E-state index in [2.05, 4.69) is 42.2 Å². The summed E-state index contributed by atoms with van der Waals surface area (Å²) in [5, 5.41) is 7.11. The molecule has 4 aliphatic heterocycles. The molecule has 6 rings (SSSR count). The zero-order valence-corrected chi connectivity index (χ0v) is 17.8. The van der Waals surface area contributed by atoms with Crippen molar-refractivity contribution >= 4 is 11.8 Å². The zero-order chi connectivity index (χ0) is 21.3. The number of benzene rings is 1. The van der Waals surface area contributed by atoms with Gasteiger partial charge in [0.25, 0.3) is 0 Å². The SMILES string of the molecule is Cc1ccc(C)c(CN2C[C@]34C=C[C@H](O3)[C@H](C(=O)N3CCc5[nH]ncc5C3)[C@@H]4C2=O)c1. The van der Waals surface area contributed by atoms with Crippen LogP contribution in [0.15, 0.2) is 36.5 Å². The minimum atomic E-state index is -0.670. The summed E-state index contributed by atoms with van der Waals surface area (Å²) in [6.45, 7) is 6.37. The number of rotatable bonds is 3. The molecule has 4 atom stereocenters. The highest BCUT2D eigenvalue weighted by atomic mass is 16.5. The fraction of sp³-hybridized carbons (Fsp3) is 0.458. The monoisotopic (exact) mass is 418 g/mol. The topological polar surface area (TPSA) is 78.5 Å².